The van der Waals surface area contributed by atoms with Crippen molar-refractivity contribution in [2.24, 2.45) is 0 Å². The zero-order valence-electron chi connectivity index (χ0n) is 6.52. The molecule has 0 aromatic carbocycles. The number of aliphatic carboxylic acids is 1. The molecule has 0 aromatic rings. The van der Waals surface area contributed by atoms with Crippen molar-refractivity contribution in [1.82, 2.24) is 9.62 Å². The minimum atomic E-state index is -3.44. The Kier molecular flexibility index (Phi) is 2.36. The van der Waals surface area contributed by atoms with Crippen LogP contribution in [0.25, 0.3) is 0 Å². The van der Waals surface area contributed by atoms with Gasteiger partial charge in [0.2, 0.25) is 10.0 Å². The summed E-state index contributed by atoms with van der Waals surface area (Å²) >= 11 is 0. The van der Waals surface area contributed by atoms with E-state index in [1.165, 1.54) is 0 Å². The lowest BCUT2D eigenvalue weighted by Gasteiger charge is -2.01. The van der Waals surface area contributed by atoms with Crippen molar-refractivity contribution >= 4 is 16.0 Å². The molecule has 1 saturated heterocycles. The Morgan fingerprint density at radius 3 is 2.58 bits per heavy atom. The fourth-order valence-electron chi connectivity index (χ4n) is 0.793. The predicted octanol–water partition coefficient (Wildman–Crippen LogP) is -1.74. The average Bonchev–Trinajstić information content (AvgIpc) is 2.63. The number of hydrogen-bond donors (Lipinski definition) is 2. The fourth-order valence-corrected chi connectivity index (χ4v) is 2.21. The number of carbonyl (C=O) groups is 1. The highest BCUT2D eigenvalue weighted by atomic mass is 32.2. The minimum Gasteiger partial charge on any atom is -0.480 e. The molecule has 2 unspecified atom stereocenters. The van der Waals surface area contributed by atoms with Gasteiger partial charge in [0, 0.05) is 6.54 Å². The molecule has 0 aliphatic carbocycles. The number of carboxylic acids is 1. The molecule has 2 N–H and O–H groups in total. The summed E-state index contributed by atoms with van der Waals surface area (Å²) in [7, 11) is -1.78. The van der Waals surface area contributed by atoms with Crippen molar-refractivity contribution in [2.45, 2.75) is 5.37 Å². The number of sulfonamides is 1. The zero-order chi connectivity index (χ0) is 9.35. The summed E-state index contributed by atoms with van der Waals surface area (Å²) in [5.41, 5.74) is 0. The molecule has 7 heteroatoms. The lowest BCUT2D eigenvalue weighted by Crippen LogP contribution is -2.33. The van der Waals surface area contributed by atoms with Gasteiger partial charge in [-0.3, -0.25) is 9.69 Å². The maximum absolute atomic E-state index is 11.1. The van der Waals surface area contributed by atoms with Crippen LogP contribution in [-0.2, 0) is 14.8 Å². The van der Waals surface area contributed by atoms with Crippen molar-refractivity contribution in [3.05, 3.63) is 0 Å². The van der Waals surface area contributed by atoms with E-state index in [1.807, 2.05) is 4.72 Å². The van der Waals surface area contributed by atoms with Crippen LogP contribution >= 0.6 is 0 Å². The van der Waals surface area contributed by atoms with E-state index in [9.17, 15) is 13.2 Å². The molecule has 1 rings (SSSR count). The van der Waals surface area contributed by atoms with Crippen LogP contribution in [0.2, 0.25) is 0 Å². The van der Waals surface area contributed by atoms with Crippen LogP contribution in [0.4, 0.5) is 0 Å². The molecule has 1 fully saturated rings. The van der Waals surface area contributed by atoms with E-state index < -0.39 is 27.9 Å². The van der Waals surface area contributed by atoms with Gasteiger partial charge in [0.25, 0.3) is 0 Å². The van der Waals surface area contributed by atoms with Crippen LogP contribution < -0.4 is 4.72 Å². The molecule has 6 nitrogen and oxygen atoms in total. The summed E-state index contributed by atoms with van der Waals surface area (Å²) in [6.07, 6.45) is 0. The maximum Gasteiger partial charge on any atom is 0.318 e. The van der Waals surface area contributed by atoms with Crippen LogP contribution in [0.5, 0.6) is 0 Å². The molecule has 12 heavy (non-hydrogen) atoms. The molecule has 0 amide bonds. The minimum absolute atomic E-state index is 0.467. The second kappa shape index (κ2) is 3.00. The zero-order valence-corrected chi connectivity index (χ0v) is 7.34. The number of carboxylic acid groups (broad SMARTS) is 1. The molecule has 2 atom stereocenters. The molecule has 0 aromatic heterocycles. The maximum atomic E-state index is 11.1. The SMILES string of the molecule is CN1CC1S(=O)(=O)NCC(=O)O. The van der Waals surface area contributed by atoms with E-state index in [0.29, 0.717) is 6.54 Å². The number of nitrogens with zero attached hydrogens (tertiary/aromatic N) is 1. The van der Waals surface area contributed by atoms with Gasteiger partial charge in [-0.1, -0.05) is 0 Å². The highest BCUT2D eigenvalue weighted by Gasteiger charge is 2.41. The van der Waals surface area contributed by atoms with Gasteiger partial charge in [-0.25, -0.2) is 13.1 Å². The fraction of sp³-hybridized carbons (Fsp3) is 0.800. The summed E-state index contributed by atoms with van der Waals surface area (Å²) in [4.78, 5) is 11.6. The number of likely N-dealkylation sites (N-methyl/N-ethyl adjacent to an activating group) is 1. The molecule has 0 spiro atoms. The van der Waals surface area contributed by atoms with Crippen LogP contribution in [-0.4, -0.2) is 49.9 Å². The van der Waals surface area contributed by atoms with Crippen molar-refractivity contribution in [3.8, 4) is 0 Å². The van der Waals surface area contributed by atoms with Gasteiger partial charge in [-0.2, -0.15) is 0 Å². The highest BCUT2D eigenvalue weighted by Crippen LogP contribution is 2.18. The third-order valence-electron chi connectivity index (χ3n) is 1.58. The van der Waals surface area contributed by atoms with Gasteiger partial charge in [0.1, 0.15) is 11.9 Å². The van der Waals surface area contributed by atoms with E-state index in [-0.39, 0.29) is 0 Å². The van der Waals surface area contributed by atoms with Gasteiger partial charge < -0.3 is 5.11 Å². The summed E-state index contributed by atoms with van der Waals surface area (Å²) in [6.45, 7) is -0.0817. The van der Waals surface area contributed by atoms with Crippen molar-refractivity contribution in [1.29, 1.82) is 0 Å². The summed E-state index contributed by atoms with van der Waals surface area (Å²) in [5.74, 6) is -1.18. The number of nitrogens with one attached hydrogen (secondary N) is 1. The van der Waals surface area contributed by atoms with Gasteiger partial charge in [-0.05, 0) is 7.05 Å². The van der Waals surface area contributed by atoms with Crippen LogP contribution in [0.1, 0.15) is 0 Å². The normalized spacial score (nSPS) is 28.4. The second-order valence-electron chi connectivity index (χ2n) is 2.65. The number of hydrogen-bond acceptors (Lipinski definition) is 4. The Balaban J connectivity index is 2.45. The summed E-state index contributed by atoms with van der Waals surface area (Å²) in [6, 6.07) is 0. The summed E-state index contributed by atoms with van der Waals surface area (Å²) < 4.78 is 24.2. The van der Waals surface area contributed by atoms with Gasteiger partial charge in [-0.15, -0.1) is 0 Å². The van der Waals surface area contributed by atoms with Gasteiger partial charge in [0.05, 0.1) is 0 Å². The first-order valence-corrected chi connectivity index (χ1v) is 4.88. The van der Waals surface area contributed by atoms with E-state index in [0.717, 1.165) is 0 Å². The van der Waals surface area contributed by atoms with Crippen molar-refractivity contribution in [2.75, 3.05) is 20.1 Å². The Hall–Kier alpha value is -0.660. The Labute approximate surface area is 70.2 Å². The third-order valence-corrected chi connectivity index (χ3v) is 3.36. The van der Waals surface area contributed by atoms with E-state index in [2.05, 4.69) is 0 Å². The average molecular weight is 194 g/mol. The lowest BCUT2D eigenvalue weighted by atomic mass is 10.7. The quantitative estimate of drug-likeness (QED) is 0.519. The Morgan fingerprint density at radius 1 is 1.75 bits per heavy atom. The first-order valence-electron chi connectivity index (χ1n) is 3.34. The Bertz CT molecular complexity index is 286. The second-order valence-corrected chi connectivity index (χ2v) is 4.58. The first-order chi connectivity index (χ1) is 5.43. The van der Waals surface area contributed by atoms with Crippen molar-refractivity contribution < 1.29 is 18.3 Å². The molecule has 70 valence electrons. The van der Waals surface area contributed by atoms with Crippen LogP contribution in [0.15, 0.2) is 0 Å². The molecule has 1 aliphatic heterocycles. The highest BCUT2D eigenvalue weighted by molar-refractivity contribution is 7.90. The number of rotatable bonds is 4. The van der Waals surface area contributed by atoms with Gasteiger partial charge >= 0.3 is 5.97 Å². The molecular weight excluding hydrogens is 184 g/mol. The largest absolute Gasteiger partial charge is 0.480 e. The smallest absolute Gasteiger partial charge is 0.318 e. The first kappa shape index (κ1) is 9.43. The van der Waals surface area contributed by atoms with E-state index in [4.69, 9.17) is 5.11 Å². The monoisotopic (exact) mass is 194 g/mol. The van der Waals surface area contributed by atoms with E-state index >= 15 is 0 Å². The molecule has 1 heterocycles. The summed E-state index contributed by atoms with van der Waals surface area (Å²) in [5, 5.41) is 7.66. The van der Waals surface area contributed by atoms with Crippen LogP contribution in [0.3, 0.4) is 0 Å². The van der Waals surface area contributed by atoms with Crippen LogP contribution in [0, 0.1) is 0 Å². The standard InChI is InChI=1S/C5H10N2O4S/c1-7-3-4(7)12(10,11)6-2-5(8)9/h4,6H,2-3H2,1H3,(H,8,9). The molecule has 0 bridgehead atoms. The van der Waals surface area contributed by atoms with Gasteiger partial charge in [0.15, 0.2) is 0 Å². The van der Waals surface area contributed by atoms with E-state index in [1.54, 1.807) is 11.9 Å². The topological polar surface area (TPSA) is 86.5 Å². The third kappa shape index (κ3) is 2.16. The van der Waals surface area contributed by atoms with Crippen molar-refractivity contribution in [3.63, 3.8) is 0 Å². The molecule has 1 aliphatic rings. The molecule has 0 saturated carbocycles. The Morgan fingerprint density at radius 2 is 2.25 bits per heavy atom. The molecule has 0 radical (unpaired) electrons. The molecular formula is C5H10N2O4S. The predicted molar refractivity (Wildman–Crippen MR) is 41.0 cm³/mol. The lowest BCUT2D eigenvalue weighted by molar-refractivity contribution is -0.135.